The first-order chi connectivity index (χ1) is 12.7. The zero-order valence-corrected chi connectivity index (χ0v) is 16.2. The van der Waals surface area contributed by atoms with Gasteiger partial charge in [-0.1, -0.05) is 24.9 Å². The fourth-order valence-electron chi connectivity index (χ4n) is 4.24. The molecule has 4 rings (SSSR count). The Kier molecular flexibility index (Phi) is 5.10. The number of fused-ring (bicyclic) bond motifs is 3. The van der Waals surface area contributed by atoms with Crippen LogP contribution >= 0.6 is 11.6 Å². The van der Waals surface area contributed by atoms with Crippen LogP contribution in [0.2, 0.25) is 5.02 Å². The lowest BCUT2D eigenvalue weighted by Crippen LogP contribution is -2.48. The predicted molar refractivity (Wildman–Crippen MR) is 108 cm³/mol. The van der Waals surface area contributed by atoms with Crippen LogP contribution in [0.25, 0.3) is 21.9 Å². The largest absolute Gasteiger partial charge is 0.488 e. The molecule has 0 N–H and O–H groups in total. The summed E-state index contributed by atoms with van der Waals surface area (Å²) in [6, 6.07) is 11.9. The van der Waals surface area contributed by atoms with Gasteiger partial charge in [0, 0.05) is 40.8 Å². The van der Waals surface area contributed by atoms with Gasteiger partial charge in [0.15, 0.2) is 0 Å². The zero-order valence-electron chi connectivity index (χ0n) is 15.5. The Labute approximate surface area is 160 Å². The Morgan fingerprint density at radius 3 is 2.50 bits per heavy atom. The second kappa shape index (κ2) is 7.50. The Morgan fingerprint density at radius 1 is 1.00 bits per heavy atom. The number of hydrogen-bond donors (Lipinski definition) is 0. The maximum atomic E-state index is 6.10. The van der Waals surface area contributed by atoms with Gasteiger partial charge in [0.2, 0.25) is 0 Å². The molecule has 0 radical (unpaired) electrons. The van der Waals surface area contributed by atoms with E-state index in [1.165, 1.54) is 49.8 Å². The third kappa shape index (κ3) is 3.56. The number of hydrogen-bond acceptors (Lipinski definition) is 2. The number of benzene rings is 2. The van der Waals surface area contributed by atoms with Crippen LogP contribution in [0.3, 0.4) is 0 Å². The van der Waals surface area contributed by atoms with E-state index in [0.717, 1.165) is 40.8 Å². The van der Waals surface area contributed by atoms with Crippen molar-refractivity contribution in [2.75, 3.05) is 32.8 Å². The van der Waals surface area contributed by atoms with Crippen LogP contribution in [0, 0.1) is 0 Å². The molecule has 1 fully saturated rings. The molecular formula is C22H27ClNO2+. The van der Waals surface area contributed by atoms with Gasteiger partial charge >= 0.3 is 0 Å². The second-order valence-electron chi connectivity index (χ2n) is 7.55. The van der Waals surface area contributed by atoms with Gasteiger partial charge in [-0.3, -0.25) is 0 Å². The molecule has 4 heteroatoms. The molecule has 1 saturated heterocycles. The topological polar surface area (TPSA) is 22.4 Å². The van der Waals surface area contributed by atoms with E-state index in [4.69, 9.17) is 20.8 Å². The van der Waals surface area contributed by atoms with Gasteiger partial charge in [-0.2, -0.15) is 0 Å². The first-order valence-electron chi connectivity index (χ1n) is 9.79. The molecule has 1 aliphatic heterocycles. The molecular weight excluding hydrogens is 346 g/mol. The number of halogens is 1. The Hall–Kier alpha value is -1.71. The average Bonchev–Trinajstić information content (AvgIpc) is 3.24. The highest BCUT2D eigenvalue weighted by Gasteiger charge is 2.30. The van der Waals surface area contributed by atoms with E-state index in [2.05, 4.69) is 13.0 Å². The van der Waals surface area contributed by atoms with E-state index >= 15 is 0 Å². The monoisotopic (exact) mass is 372 g/mol. The summed E-state index contributed by atoms with van der Waals surface area (Å²) >= 11 is 6.07. The molecule has 3 nitrogen and oxygen atoms in total. The summed E-state index contributed by atoms with van der Waals surface area (Å²) in [7, 11) is 0. The third-order valence-corrected chi connectivity index (χ3v) is 5.98. The molecule has 1 aromatic heterocycles. The predicted octanol–water partition coefficient (Wildman–Crippen LogP) is 6.03. The van der Waals surface area contributed by atoms with Crippen LogP contribution in [-0.4, -0.2) is 37.3 Å². The molecule has 138 valence electrons. The van der Waals surface area contributed by atoms with Crippen molar-refractivity contribution < 1.29 is 13.6 Å². The summed E-state index contributed by atoms with van der Waals surface area (Å²) in [5.41, 5.74) is 1.68. The first-order valence-corrected chi connectivity index (χ1v) is 10.2. The van der Waals surface area contributed by atoms with E-state index in [0.29, 0.717) is 5.02 Å². The minimum Gasteiger partial charge on any atom is -0.488 e. The van der Waals surface area contributed by atoms with E-state index in [1.54, 1.807) is 0 Å². The minimum atomic E-state index is 0.694. The number of ether oxygens (including phenoxy) is 1. The van der Waals surface area contributed by atoms with Gasteiger partial charge in [0.25, 0.3) is 0 Å². The number of furan rings is 1. The minimum absolute atomic E-state index is 0.694. The average molecular weight is 373 g/mol. The van der Waals surface area contributed by atoms with Crippen LogP contribution in [0.4, 0.5) is 0 Å². The summed E-state index contributed by atoms with van der Waals surface area (Å²) in [5, 5.41) is 2.90. The van der Waals surface area contributed by atoms with Gasteiger partial charge in [0.1, 0.15) is 30.1 Å². The van der Waals surface area contributed by atoms with Crippen LogP contribution in [0.15, 0.2) is 40.8 Å². The lowest BCUT2D eigenvalue weighted by atomic mass is 10.1. The van der Waals surface area contributed by atoms with Crippen LogP contribution in [-0.2, 0) is 0 Å². The molecule has 0 spiro atoms. The molecule has 2 heterocycles. The number of unbranched alkanes of at least 4 members (excludes halogenated alkanes) is 1. The third-order valence-electron chi connectivity index (χ3n) is 5.74. The number of nitrogens with zero attached hydrogens (tertiary/aromatic N) is 1. The van der Waals surface area contributed by atoms with E-state index in [-0.39, 0.29) is 0 Å². The number of quaternary nitrogens is 1. The Balaban J connectivity index is 1.46. The molecule has 0 aliphatic carbocycles. The van der Waals surface area contributed by atoms with Crippen molar-refractivity contribution in [3.8, 4) is 5.75 Å². The lowest BCUT2D eigenvalue weighted by Gasteiger charge is -2.34. The van der Waals surface area contributed by atoms with Crippen molar-refractivity contribution in [3.05, 3.63) is 41.4 Å². The van der Waals surface area contributed by atoms with Gasteiger partial charge in [-0.25, -0.2) is 0 Å². The number of rotatable bonds is 7. The second-order valence-corrected chi connectivity index (χ2v) is 7.98. The maximum Gasteiger partial charge on any atom is 0.139 e. The van der Waals surface area contributed by atoms with Crippen LogP contribution in [0.5, 0.6) is 5.75 Å². The SMILES string of the molecule is CCCC[N+]1(CCOc2ccc3c(c2)oc2cc(Cl)ccc23)CCCC1. The zero-order chi connectivity index (χ0) is 18.0. The molecule has 2 aromatic carbocycles. The molecule has 26 heavy (non-hydrogen) atoms. The molecule has 0 amide bonds. The van der Waals surface area contributed by atoms with Crippen molar-refractivity contribution in [2.45, 2.75) is 32.6 Å². The van der Waals surface area contributed by atoms with Crippen LogP contribution < -0.4 is 4.74 Å². The summed E-state index contributed by atoms with van der Waals surface area (Å²) < 4.78 is 13.3. The molecule has 3 aromatic rings. The molecule has 1 aliphatic rings. The van der Waals surface area contributed by atoms with Crippen molar-refractivity contribution >= 4 is 33.5 Å². The Morgan fingerprint density at radius 2 is 1.73 bits per heavy atom. The van der Waals surface area contributed by atoms with Gasteiger partial charge in [0.05, 0.1) is 19.6 Å². The summed E-state index contributed by atoms with van der Waals surface area (Å²) in [5.74, 6) is 0.885. The quantitative estimate of drug-likeness (QED) is 0.472. The van der Waals surface area contributed by atoms with E-state index in [1.807, 2.05) is 30.3 Å². The molecule has 0 bridgehead atoms. The smallest absolute Gasteiger partial charge is 0.139 e. The van der Waals surface area contributed by atoms with Crippen molar-refractivity contribution in [3.63, 3.8) is 0 Å². The molecule has 0 atom stereocenters. The fourth-order valence-corrected chi connectivity index (χ4v) is 4.40. The highest BCUT2D eigenvalue weighted by atomic mass is 35.5. The highest BCUT2D eigenvalue weighted by molar-refractivity contribution is 6.31. The van der Waals surface area contributed by atoms with Gasteiger partial charge in [-0.05, 0) is 30.7 Å². The van der Waals surface area contributed by atoms with Gasteiger partial charge < -0.3 is 13.6 Å². The Bertz CT molecular complexity index is 896. The van der Waals surface area contributed by atoms with Crippen molar-refractivity contribution in [2.24, 2.45) is 0 Å². The summed E-state index contributed by atoms with van der Waals surface area (Å²) in [6.45, 7) is 8.07. The van der Waals surface area contributed by atoms with E-state index < -0.39 is 0 Å². The molecule has 0 saturated carbocycles. The van der Waals surface area contributed by atoms with Crippen molar-refractivity contribution in [1.29, 1.82) is 0 Å². The molecule has 0 unspecified atom stereocenters. The van der Waals surface area contributed by atoms with E-state index in [9.17, 15) is 0 Å². The summed E-state index contributed by atoms with van der Waals surface area (Å²) in [4.78, 5) is 0. The summed E-state index contributed by atoms with van der Waals surface area (Å²) in [6.07, 6.45) is 5.30. The fraction of sp³-hybridized carbons (Fsp3) is 0.455. The van der Waals surface area contributed by atoms with Crippen LogP contribution in [0.1, 0.15) is 32.6 Å². The normalized spacial score (nSPS) is 16.5. The van der Waals surface area contributed by atoms with Crippen molar-refractivity contribution in [1.82, 2.24) is 0 Å². The maximum absolute atomic E-state index is 6.10. The number of likely N-dealkylation sites (tertiary alicyclic amines) is 1. The first kappa shape index (κ1) is 17.7. The standard InChI is InChI=1S/C22H27ClNO2/c1-2-3-10-24(11-4-5-12-24)13-14-25-18-7-9-20-19-8-6-17(23)15-21(19)26-22(20)16-18/h6-9,15-16H,2-5,10-14H2,1H3/q+1. The highest BCUT2D eigenvalue weighted by Crippen LogP contribution is 2.32. The lowest BCUT2D eigenvalue weighted by molar-refractivity contribution is -0.917. The van der Waals surface area contributed by atoms with Gasteiger partial charge in [-0.15, -0.1) is 0 Å².